The third-order valence-corrected chi connectivity index (χ3v) is 6.58. The van der Waals surface area contributed by atoms with Gasteiger partial charge >= 0.3 is 12.4 Å². The molecule has 3 atom stereocenters. The fourth-order valence-corrected chi connectivity index (χ4v) is 4.89. The molecule has 1 fully saturated rings. The van der Waals surface area contributed by atoms with Crippen molar-refractivity contribution in [3.8, 4) is 0 Å². The fourth-order valence-electron chi connectivity index (χ4n) is 4.89. The van der Waals surface area contributed by atoms with Gasteiger partial charge < -0.3 is 5.32 Å². The van der Waals surface area contributed by atoms with Crippen LogP contribution >= 0.6 is 0 Å². The van der Waals surface area contributed by atoms with Crippen molar-refractivity contribution in [1.29, 1.82) is 0 Å². The molecule has 0 spiro atoms. The number of carbonyl (C=O) groups is 3. The van der Waals surface area contributed by atoms with Crippen LogP contribution in [0.25, 0.3) is 0 Å². The molecule has 2 aliphatic heterocycles. The van der Waals surface area contributed by atoms with Crippen LogP contribution in [0.5, 0.6) is 0 Å². The maximum Gasteiger partial charge on any atom is 0.418 e. The van der Waals surface area contributed by atoms with Gasteiger partial charge in [-0.15, -0.1) is 0 Å². The van der Waals surface area contributed by atoms with Crippen LogP contribution in [-0.2, 0) is 20.6 Å². The number of alkyl halides is 6. The number of benzene rings is 2. The van der Waals surface area contributed by atoms with Crippen molar-refractivity contribution in [3.05, 3.63) is 65.2 Å². The molecule has 4 rings (SSSR count). The number of carbonyl (C=O) groups excluding carboxylic acids is 3. The van der Waals surface area contributed by atoms with E-state index in [9.17, 15) is 40.7 Å². The Morgan fingerprint density at radius 3 is 2.08 bits per heavy atom. The number of nitrogens with zero attached hydrogens (tertiary/aromatic N) is 2. The van der Waals surface area contributed by atoms with E-state index in [4.69, 9.17) is 0 Å². The van der Waals surface area contributed by atoms with Crippen LogP contribution in [0.3, 0.4) is 0 Å². The van der Waals surface area contributed by atoms with Gasteiger partial charge in [0.05, 0.1) is 28.8 Å². The Morgan fingerprint density at radius 2 is 1.50 bits per heavy atom. The van der Waals surface area contributed by atoms with Gasteiger partial charge in [-0.2, -0.15) is 26.3 Å². The summed E-state index contributed by atoms with van der Waals surface area (Å²) in [5.41, 5.74) is -1.60. The molecule has 0 bridgehead atoms. The van der Waals surface area contributed by atoms with Crippen LogP contribution in [0.1, 0.15) is 49.3 Å². The number of aliphatic imine (C=N–C) groups is 1. The smallest absolute Gasteiger partial charge is 0.321 e. The molecular weight excluding hydrogens is 516 g/mol. The maximum absolute atomic E-state index is 13.9. The van der Waals surface area contributed by atoms with E-state index in [0.717, 1.165) is 12.1 Å². The third-order valence-electron chi connectivity index (χ3n) is 6.58. The van der Waals surface area contributed by atoms with Gasteiger partial charge in [-0.25, -0.2) is 9.89 Å². The van der Waals surface area contributed by atoms with Crippen LogP contribution in [-0.4, -0.2) is 40.7 Å². The second-order valence-electron chi connectivity index (χ2n) is 9.13. The molecule has 0 unspecified atom stereocenters. The largest absolute Gasteiger partial charge is 0.418 e. The summed E-state index contributed by atoms with van der Waals surface area (Å²) in [6.45, 7) is 1.69. The average Bonchev–Trinajstić information content (AvgIpc) is 2.97. The van der Waals surface area contributed by atoms with Crippen LogP contribution in [0.4, 0.5) is 32.0 Å². The molecule has 1 saturated heterocycles. The summed E-state index contributed by atoms with van der Waals surface area (Å²) in [5, 5.41) is 2.18. The first kappa shape index (κ1) is 27.3. The number of hydrogen-bond donors (Lipinski definition) is 1. The molecule has 2 aliphatic rings. The number of benzodiazepines with no additional fused rings is 1. The van der Waals surface area contributed by atoms with Gasteiger partial charge in [0.1, 0.15) is 0 Å². The lowest BCUT2D eigenvalue weighted by molar-refractivity contribution is -0.147. The van der Waals surface area contributed by atoms with Crippen LogP contribution < -0.4 is 5.32 Å². The molecule has 3 amide bonds. The first-order valence-electron chi connectivity index (χ1n) is 11.9. The number of halogens is 6. The highest BCUT2D eigenvalue weighted by Gasteiger charge is 2.52. The molecule has 1 N–H and O–H groups in total. The van der Waals surface area contributed by atoms with Gasteiger partial charge in [0.15, 0.2) is 0 Å². The highest BCUT2D eigenvalue weighted by Crippen LogP contribution is 2.41. The van der Waals surface area contributed by atoms with E-state index in [-0.39, 0.29) is 17.7 Å². The number of anilines is 1. The molecule has 2 aromatic carbocycles. The molecule has 0 saturated carbocycles. The summed E-state index contributed by atoms with van der Waals surface area (Å²) in [5.74, 6) is -5.49. The van der Waals surface area contributed by atoms with E-state index in [1.54, 1.807) is 25.1 Å². The predicted molar refractivity (Wildman–Crippen MR) is 125 cm³/mol. The number of hydrogen-bond acceptors (Lipinski definition) is 4. The van der Waals surface area contributed by atoms with Crippen molar-refractivity contribution in [3.63, 3.8) is 0 Å². The molecular formula is C26H23F6N3O3. The van der Waals surface area contributed by atoms with E-state index in [2.05, 4.69) is 10.3 Å². The van der Waals surface area contributed by atoms with Crippen molar-refractivity contribution in [2.45, 2.75) is 51.1 Å². The van der Waals surface area contributed by atoms with Gasteiger partial charge in [0, 0.05) is 17.5 Å². The Morgan fingerprint density at radius 1 is 0.868 bits per heavy atom. The molecule has 6 nitrogen and oxygen atoms in total. The number of rotatable bonds is 6. The number of para-hydroxylation sites is 1. The minimum atomic E-state index is -4.85. The number of nitrogens with one attached hydrogen (secondary N) is 1. The summed E-state index contributed by atoms with van der Waals surface area (Å²) < 4.78 is 80.4. The second-order valence-corrected chi connectivity index (χ2v) is 9.13. The van der Waals surface area contributed by atoms with E-state index in [0.29, 0.717) is 16.9 Å². The Hall–Kier alpha value is -3.70. The molecule has 2 heterocycles. The number of amides is 3. The standard InChI is InChI=1S/C26H23F6N3O3/c1-2-7-15-16(12-13-25(27,28)29)24(38)35(23(15)37)21-22(36)34-20-17(10-6-11-18(20)26(30,31)32)19(33-21)14-8-4-3-5-9-14/h3-6,8-11,15-16,21H,2,7,12-13H2,1H3,(H,34,36)/t15-,16+,21-/m0/s1. The second kappa shape index (κ2) is 10.2. The topological polar surface area (TPSA) is 78.8 Å². The zero-order chi connectivity index (χ0) is 27.8. The van der Waals surface area contributed by atoms with Crippen molar-refractivity contribution in [2.24, 2.45) is 16.8 Å². The molecule has 12 heteroatoms. The maximum atomic E-state index is 13.9. The minimum Gasteiger partial charge on any atom is -0.321 e. The molecule has 0 aliphatic carbocycles. The van der Waals surface area contributed by atoms with Crippen LogP contribution in [0.15, 0.2) is 53.5 Å². The molecule has 2 aromatic rings. The lowest BCUT2D eigenvalue weighted by atomic mass is 9.87. The van der Waals surface area contributed by atoms with Crippen molar-refractivity contribution < 1.29 is 40.7 Å². The lowest BCUT2D eigenvalue weighted by Gasteiger charge is -2.22. The zero-order valence-electron chi connectivity index (χ0n) is 20.1. The summed E-state index contributed by atoms with van der Waals surface area (Å²) in [6, 6.07) is 11.2. The van der Waals surface area contributed by atoms with Crippen molar-refractivity contribution in [2.75, 3.05) is 5.32 Å². The van der Waals surface area contributed by atoms with E-state index >= 15 is 0 Å². The normalized spacial score (nSPS) is 22.2. The Balaban J connectivity index is 1.84. The summed E-state index contributed by atoms with van der Waals surface area (Å²) in [4.78, 5) is 44.8. The monoisotopic (exact) mass is 539 g/mol. The van der Waals surface area contributed by atoms with Crippen LogP contribution in [0, 0.1) is 11.8 Å². The Bertz CT molecular complexity index is 1270. The highest BCUT2D eigenvalue weighted by molar-refractivity contribution is 6.21. The first-order chi connectivity index (χ1) is 17.8. The zero-order valence-corrected chi connectivity index (χ0v) is 20.1. The SMILES string of the molecule is CCC[C@@H]1C(=O)N([C@@H]2N=C(c3ccccc3)c3cccc(C(F)(F)F)c3NC2=O)C(=O)[C@@H]1CCC(F)(F)F. The van der Waals surface area contributed by atoms with Gasteiger partial charge in [-0.3, -0.25) is 14.4 Å². The predicted octanol–water partition coefficient (Wildman–Crippen LogP) is 5.56. The summed E-state index contributed by atoms with van der Waals surface area (Å²) >= 11 is 0. The molecule has 38 heavy (non-hydrogen) atoms. The van der Waals surface area contributed by atoms with Gasteiger partial charge in [0.2, 0.25) is 18.0 Å². The quantitative estimate of drug-likeness (QED) is 0.386. The Kier molecular flexibility index (Phi) is 7.35. The number of likely N-dealkylation sites (tertiary alicyclic amines) is 1. The minimum absolute atomic E-state index is 0.0820. The van der Waals surface area contributed by atoms with Crippen LogP contribution in [0.2, 0.25) is 0 Å². The number of fused-ring (bicyclic) bond motifs is 1. The van der Waals surface area contributed by atoms with E-state index in [1.165, 1.54) is 18.2 Å². The Labute approximate surface area is 213 Å². The lowest BCUT2D eigenvalue weighted by Crippen LogP contribution is -2.46. The summed E-state index contributed by atoms with van der Waals surface area (Å²) in [7, 11) is 0. The molecule has 0 aromatic heterocycles. The first-order valence-corrected chi connectivity index (χ1v) is 11.9. The number of imide groups is 1. The van der Waals surface area contributed by atoms with Crippen molar-refractivity contribution >= 4 is 29.1 Å². The van der Waals surface area contributed by atoms with Gasteiger partial charge in [-0.1, -0.05) is 55.8 Å². The molecule has 202 valence electrons. The fraction of sp³-hybridized carbons (Fsp3) is 0.385. The van der Waals surface area contributed by atoms with Gasteiger partial charge in [-0.05, 0) is 18.9 Å². The molecule has 0 radical (unpaired) electrons. The van der Waals surface area contributed by atoms with E-state index < -0.39 is 72.2 Å². The van der Waals surface area contributed by atoms with E-state index in [1.807, 2.05) is 0 Å². The highest BCUT2D eigenvalue weighted by atomic mass is 19.4. The van der Waals surface area contributed by atoms with Gasteiger partial charge in [0.25, 0.3) is 5.91 Å². The third kappa shape index (κ3) is 5.30. The summed E-state index contributed by atoms with van der Waals surface area (Å²) in [6.07, 6.45) is -12.8. The van der Waals surface area contributed by atoms with Crippen molar-refractivity contribution in [1.82, 2.24) is 4.90 Å². The average molecular weight is 539 g/mol.